The average molecular weight is 345 g/mol. The number of nitriles is 1. The molecule has 0 aliphatic carbocycles. The summed E-state index contributed by atoms with van der Waals surface area (Å²) in [7, 11) is 0. The number of hydrogen-bond acceptors (Lipinski definition) is 4. The number of pyridine rings is 1. The summed E-state index contributed by atoms with van der Waals surface area (Å²) in [5, 5.41) is 11.4. The summed E-state index contributed by atoms with van der Waals surface area (Å²) in [5.74, 6) is 0. The van der Waals surface area contributed by atoms with Gasteiger partial charge in [-0.2, -0.15) is 18.4 Å². The molecule has 0 spiro atoms. The molecule has 120 valence electrons. The second-order valence-electron chi connectivity index (χ2n) is 5.08. The highest BCUT2D eigenvalue weighted by atomic mass is 32.1. The molecule has 0 aliphatic rings. The molecular formula is C17H10F3N3S. The second-order valence-corrected chi connectivity index (χ2v) is 6.02. The first-order valence-electron chi connectivity index (χ1n) is 6.92. The third kappa shape index (κ3) is 3.60. The minimum atomic E-state index is -4.41. The van der Waals surface area contributed by atoms with E-state index in [9.17, 15) is 13.2 Å². The van der Waals surface area contributed by atoms with Gasteiger partial charge < -0.3 is 0 Å². The van der Waals surface area contributed by atoms with Crippen LogP contribution in [-0.4, -0.2) is 9.97 Å². The fraction of sp³-hybridized carbons (Fsp3) is 0.118. The van der Waals surface area contributed by atoms with Gasteiger partial charge in [-0.3, -0.25) is 4.98 Å². The Morgan fingerprint density at radius 2 is 2.00 bits per heavy atom. The lowest BCUT2D eigenvalue weighted by Crippen LogP contribution is -2.06. The van der Waals surface area contributed by atoms with E-state index in [4.69, 9.17) is 5.26 Å². The van der Waals surface area contributed by atoms with Crippen LogP contribution >= 0.6 is 11.3 Å². The van der Waals surface area contributed by atoms with Crippen LogP contribution in [0.4, 0.5) is 13.2 Å². The Kier molecular flexibility index (Phi) is 4.32. The van der Waals surface area contributed by atoms with Crippen molar-refractivity contribution in [1.82, 2.24) is 9.97 Å². The molecule has 1 aromatic carbocycles. The number of nitrogens with zero attached hydrogens (tertiary/aromatic N) is 3. The maximum Gasteiger partial charge on any atom is 0.417 e. The van der Waals surface area contributed by atoms with Crippen LogP contribution in [0.3, 0.4) is 0 Å². The summed E-state index contributed by atoms with van der Waals surface area (Å²) >= 11 is 1.36. The van der Waals surface area contributed by atoms with Crippen molar-refractivity contribution >= 4 is 11.3 Å². The number of hydrogen-bond donors (Lipinski definition) is 0. The molecule has 3 rings (SSSR count). The van der Waals surface area contributed by atoms with Crippen LogP contribution in [0.2, 0.25) is 0 Å². The number of benzene rings is 1. The van der Waals surface area contributed by atoms with Gasteiger partial charge in [0.1, 0.15) is 0 Å². The monoisotopic (exact) mass is 345 g/mol. The van der Waals surface area contributed by atoms with E-state index in [1.807, 2.05) is 11.4 Å². The molecule has 0 aliphatic heterocycles. The zero-order chi connectivity index (χ0) is 17.2. The average Bonchev–Trinajstić information content (AvgIpc) is 3.03. The molecule has 0 saturated carbocycles. The normalized spacial score (nSPS) is 11.2. The van der Waals surface area contributed by atoms with Gasteiger partial charge in [-0.1, -0.05) is 12.1 Å². The third-order valence-electron chi connectivity index (χ3n) is 3.32. The Hall–Kier alpha value is -2.72. The van der Waals surface area contributed by atoms with E-state index in [0.717, 1.165) is 17.8 Å². The van der Waals surface area contributed by atoms with Crippen molar-refractivity contribution in [3.05, 3.63) is 69.8 Å². The Balaban J connectivity index is 1.83. The molecule has 3 nitrogen and oxygen atoms in total. The van der Waals surface area contributed by atoms with E-state index < -0.39 is 11.7 Å². The van der Waals surface area contributed by atoms with Gasteiger partial charge in [0.25, 0.3) is 0 Å². The lowest BCUT2D eigenvalue weighted by molar-refractivity contribution is -0.137. The number of rotatable bonds is 3. The fourth-order valence-electron chi connectivity index (χ4n) is 2.19. The van der Waals surface area contributed by atoms with Crippen LogP contribution in [-0.2, 0) is 12.6 Å². The lowest BCUT2D eigenvalue weighted by Gasteiger charge is -2.07. The summed E-state index contributed by atoms with van der Waals surface area (Å²) in [5.41, 5.74) is 1.73. The molecule has 24 heavy (non-hydrogen) atoms. The topological polar surface area (TPSA) is 49.6 Å². The van der Waals surface area contributed by atoms with Crippen molar-refractivity contribution in [3.8, 4) is 17.3 Å². The first kappa shape index (κ1) is 16.1. The molecule has 7 heteroatoms. The zero-order valence-corrected chi connectivity index (χ0v) is 13.0. The molecule has 0 amide bonds. The third-order valence-corrected chi connectivity index (χ3v) is 4.17. The van der Waals surface area contributed by atoms with Gasteiger partial charge in [0, 0.05) is 29.8 Å². The van der Waals surface area contributed by atoms with Crippen molar-refractivity contribution in [2.75, 3.05) is 0 Å². The molecule has 0 atom stereocenters. The Morgan fingerprint density at radius 1 is 1.17 bits per heavy atom. The molecule has 0 bridgehead atoms. The van der Waals surface area contributed by atoms with Gasteiger partial charge in [0.05, 0.1) is 27.9 Å². The van der Waals surface area contributed by atoms with Crippen LogP contribution in [0.5, 0.6) is 0 Å². The van der Waals surface area contributed by atoms with Crippen molar-refractivity contribution in [3.63, 3.8) is 0 Å². The first-order valence-corrected chi connectivity index (χ1v) is 7.80. The van der Waals surface area contributed by atoms with Crippen molar-refractivity contribution in [2.45, 2.75) is 12.6 Å². The molecule has 0 fully saturated rings. The van der Waals surface area contributed by atoms with E-state index in [-0.39, 0.29) is 6.42 Å². The van der Waals surface area contributed by atoms with Gasteiger partial charge in [0.2, 0.25) is 0 Å². The SMILES string of the molecule is N#Cc1cccc(-c2csc(Cc3cncc(C(F)(F)F)c3)n2)c1. The maximum atomic E-state index is 12.7. The summed E-state index contributed by atoms with van der Waals surface area (Å²) in [6.45, 7) is 0. The standard InChI is InChI=1S/C17H10F3N3S/c18-17(19,20)14-5-12(8-22-9-14)6-16-23-15(10-24-16)13-3-1-2-11(4-13)7-21/h1-5,8-10H,6H2. The summed E-state index contributed by atoms with van der Waals surface area (Å²) in [6, 6.07) is 10.2. The van der Waals surface area contributed by atoms with Gasteiger partial charge >= 0.3 is 6.18 Å². The molecule has 0 radical (unpaired) electrons. The lowest BCUT2D eigenvalue weighted by atomic mass is 10.1. The minimum absolute atomic E-state index is 0.277. The van der Waals surface area contributed by atoms with Gasteiger partial charge in [0.15, 0.2) is 0 Å². The van der Waals surface area contributed by atoms with E-state index >= 15 is 0 Å². The van der Waals surface area contributed by atoms with Crippen molar-refractivity contribution < 1.29 is 13.2 Å². The van der Waals surface area contributed by atoms with Crippen LogP contribution in [0, 0.1) is 11.3 Å². The van der Waals surface area contributed by atoms with Crippen LogP contribution in [0.1, 0.15) is 21.7 Å². The van der Waals surface area contributed by atoms with E-state index in [1.165, 1.54) is 17.5 Å². The number of aromatic nitrogens is 2. The predicted molar refractivity (Wildman–Crippen MR) is 84.3 cm³/mol. The number of thiazole rings is 1. The van der Waals surface area contributed by atoms with E-state index in [2.05, 4.69) is 16.0 Å². The second kappa shape index (κ2) is 6.42. The van der Waals surface area contributed by atoms with Gasteiger partial charge in [-0.25, -0.2) is 4.98 Å². The Morgan fingerprint density at radius 3 is 2.75 bits per heavy atom. The summed E-state index contributed by atoms with van der Waals surface area (Å²) < 4.78 is 38.2. The molecule has 2 heterocycles. The zero-order valence-electron chi connectivity index (χ0n) is 12.2. The highest BCUT2D eigenvalue weighted by Crippen LogP contribution is 2.30. The molecule has 2 aromatic heterocycles. The summed E-state index contributed by atoms with van der Waals surface area (Å²) in [6.07, 6.45) is -1.91. The number of alkyl halides is 3. The fourth-order valence-corrected chi connectivity index (χ4v) is 3.02. The molecule has 3 aromatic rings. The largest absolute Gasteiger partial charge is 0.417 e. The quantitative estimate of drug-likeness (QED) is 0.692. The highest BCUT2D eigenvalue weighted by Gasteiger charge is 2.31. The van der Waals surface area contributed by atoms with Crippen molar-refractivity contribution in [2.24, 2.45) is 0 Å². The van der Waals surface area contributed by atoms with Crippen LogP contribution < -0.4 is 0 Å². The smallest absolute Gasteiger partial charge is 0.264 e. The maximum absolute atomic E-state index is 12.7. The van der Waals surface area contributed by atoms with E-state index in [0.29, 0.717) is 21.8 Å². The predicted octanol–water partition coefficient (Wildman–Crippen LogP) is 4.69. The van der Waals surface area contributed by atoms with Crippen LogP contribution in [0.15, 0.2) is 48.1 Å². The summed E-state index contributed by atoms with van der Waals surface area (Å²) in [4.78, 5) is 8.10. The number of halogens is 3. The highest BCUT2D eigenvalue weighted by molar-refractivity contribution is 7.10. The minimum Gasteiger partial charge on any atom is -0.264 e. The Bertz CT molecular complexity index is 910. The van der Waals surface area contributed by atoms with Gasteiger partial charge in [-0.15, -0.1) is 11.3 Å². The van der Waals surface area contributed by atoms with E-state index in [1.54, 1.807) is 18.2 Å². The molecule has 0 N–H and O–H groups in total. The molecule has 0 unspecified atom stereocenters. The molecular weight excluding hydrogens is 335 g/mol. The van der Waals surface area contributed by atoms with Crippen molar-refractivity contribution in [1.29, 1.82) is 5.26 Å². The Labute approximate surface area is 140 Å². The molecule has 0 saturated heterocycles. The van der Waals surface area contributed by atoms with Crippen LogP contribution in [0.25, 0.3) is 11.3 Å². The van der Waals surface area contributed by atoms with Gasteiger partial charge in [-0.05, 0) is 23.8 Å². The first-order chi connectivity index (χ1) is 11.5.